The number of likely N-dealkylation sites (tertiary alicyclic amines) is 1. The van der Waals surface area contributed by atoms with E-state index in [0.717, 1.165) is 0 Å². The number of nitrogens with zero attached hydrogens (tertiary/aromatic N) is 1. The quantitative estimate of drug-likeness (QED) is 0.738. The second-order valence-corrected chi connectivity index (χ2v) is 7.22. The first-order valence-corrected chi connectivity index (χ1v) is 7.39. The van der Waals surface area contributed by atoms with E-state index in [9.17, 15) is 13.6 Å². The van der Waals surface area contributed by atoms with Crippen molar-refractivity contribution >= 4 is 21.8 Å². The zero-order valence-electron chi connectivity index (χ0n) is 11.8. The minimum absolute atomic E-state index is 0.0114. The van der Waals surface area contributed by atoms with Crippen molar-refractivity contribution in [3.63, 3.8) is 0 Å². The second kappa shape index (κ2) is 5.43. The fourth-order valence-electron chi connectivity index (χ4n) is 2.41. The van der Waals surface area contributed by atoms with Gasteiger partial charge in [0.15, 0.2) is 0 Å². The number of amides is 1. The van der Waals surface area contributed by atoms with Crippen molar-refractivity contribution < 1.29 is 13.6 Å². The molecule has 0 aliphatic carbocycles. The van der Waals surface area contributed by atoms with Crippen LogP contribution in [0, 0.1) is 23.0 Å². The van der Waals surface area contributed by atoms with Crippen molar-refractivity contribution in [3.8, 4) is 0 Å². The lowest BCUT2D eigenvalue weighted by Gasteiger charge is -2.26. The largest absolute Gasteiger partial charge is 0.338 e. The van der Waals surface area contributed by atoms with E-state index in [1.165, 1.54) is 12.1 Å². The first kappa shape index (κ1) is 15.4. The predicted molar refractivity (Wildman–Crippen MR) is 77.0 cm³/mol. The van der Waals surface area contributed by atoms with Gasteiger partial charge in [0.25, 0.3) is 0 Å². The SMILES string of the molecule is CC(C)(C)C1CC(=O)N(Cc2c(F)ccc(Br)c2F)C1. The molecule has 0 radical (unpaired) electrons. The first-order valence-electron chi connectivity index (χ1n) is 6.60. The van der Waals surface area contributed by atoms with Gasteiger partial charge in [0.05, 0.1) is 11.0 Å². The standard InChI is InChI=1S/C15H18BrF2NO/c1-15(2,3)9-6-13(20)19(7-9)8-10-12(17)5-4-11(16)14(10)18/h4-5,9H,6-8H2,1-3H3. The maximum Gasteiger partial charge on any atom is 0.223 e. The Kier molecular flexibility index (Phi) is 4.19. The van der Waals surface area contributed by atoms with Crippen LogP contribution in [-0.2, 0) is 11.3 Å². The van der Waals surface area contributed by atoms with Crippen LogP contribution < -0.4 is 0 Å². The monoisotopic (exact) mass is 345 g/mol. The summed E-state index contributed by atoms with van der Waals surface area (Å²) in [4.78, 5) is 13.6. The molecule has 1 aliphatic heterocycles. The highest BCUT2D eigenvalue weighted by Crippen LogP contribution is 2.35. The Morgan fingerprint density at radius 2 is 2.00 bits per heavy atom. The molecule has 110 valence electrons. The van der Waals surface area contributed by atoms with E-state index >= 15 is 0 Å². The zero-order valence-corrected chi connectivity index (χ0v) is 13.4. The van der Waals surface area contributed by atoms with Crippen LogP contribution in [0.5, 0.6) is 0 Å². The molecule has 1 atom stereocenters. The Morgan fingerprint density at radius 3 is 2.55 bits per heavy atom. The summed E-state index contributed by atoms with van der Waals surface area (Å²) in [5.74, 6) is -1.06. The lowest BCUT2D eigenvalue weighted by molar-refractivity contribution is -0.128. The lowest BCUT2D eigenvalue weighted by atomic mass is 9.80. The van der Waals surface area contributed by atoms with Gasteiger partial charge in [-0.25, -0.2) is 8.78 Å². The molecule has 20 heavy (non-hydrogen) atoms. The number of halogens is 3. The average Bonchev–Trinajstić information content (AvgIpc) is 2.71. The van der Waals surface area contributed by atoms with Crippen LogP contribution in [0.1, 0.15) is 32.8 Å². The van der Waals surface area contributed by atoms with Crippen LogP contribution in [-0.4, -0.2) is 17.4 Å². The summed E-state index contributed by atoms with van der Waals surface area (Å²) in [6.45, 7) is 6.77. The van der Waals surface area contributed by atoms with E-state index in [-0.39, 0.29) is 33.8 Å². The summed E-state index contributed by atoms with van der Waals surface area (Å²) in [5.41, 5.74) is -0.0408. The first-order chi connectivity index (χ1) is 9.20. The second-order valence-electron chi connectivity index (χ2n) is 6.36. The Bertz CT molecular complexity index is 539. The van der Waals surface area contributed by atoms with Crippen molar-refractivity contribution in [2.45, 2.75) is 33.7 Å². The fourth-order valence-corrected chi connectivity index (χ4v) is 2.78. The van der Waals surface area contributed by atoms with Crippen LogP contribution >= 0.6 is 15.9 Å². The summed E-state index contributed by atoms with van der Waals surface area (Å²) < 4.78 is 27.9. The Morgan fingerprint density at radius 1 is 1.35 bits per heavy atom. The number of hydrogen-bond donors (Lipinski definition) is 0. The van der Waals surface area contributed by atoms with Gasteiger partial charge in [0, 0.05) is 18.5 Å². The maximum atomic E-state index is 13.9. The molecule has 0 saturated carbocycles. The highest BCUT2D eigenvalue weighted by Gasteiger charge is 2.37. The average molecular weight is 346 g/mol. The van der Waals surface area contributed by atoms with Gasteiger partial charge in [-0.15, -0.1) is 0 Å². The molecule has 0 bridgehead atoms. The number of hydrogen-bond acceptors (Lipinski definition) is 1. The molecule has 1 heterocycles. The molecule has 2 rings (SSSR count). The van der Waals surface area contributed by atoms with Gasteiger partial charge in [0.1, 0.15) is 11.6 Å². The molecule has 1 amide bonds. The summed E-state index contributed by atoms with van der Waals surface area (Å²) in [7, 11) is 0. The van der Waals surface area contributed by atoms with E-state index in [4.69, 9.17) is 0 Å². The fraction of sp³-hybridized carbons (Fsp3) is 0.533. The molecule has 1 unspecified atom stereocenters. The van der Waals surface area contributed by atoms with Gasteiger partial charge < -0.3 is 4.90 Å². The molecule has 1 aromatic rings. The topological polar surface area (TPSA) is 20.3 Å². The van der Waals surface area contributed by atoms with Gasteiger partial charge in [-0.3, -0.25) is 4.79 Å². The molecule has 1 saturated heterocycles. The van der Waals surface area contributed by atoms with Gasteiger partial charge in [-0.1, -0.05) is 20.8 Å². The summed E-state index contributed by atoms with van der Waals surface area (Å²) in [5, 5.41) is 0. The third kappa shape index (κ3) is 3.03. The molecule has 1 aromatic carbocycles. The molecule has 2 nitrogen and oxygen atoms in total. The minimum atomic E-state index is -0.628. The van der Waals surface area contributed by atoms with E-state index in [1.807, 2.05) is 0 Å². The van der Waals surface area contributed by atoms with E-state index < -0.39 is 11.6 Å². The maximum absolute atomic E-state index is 13.9. The Balaban J connectivity index is 2.20. The van der Waals surface area contributed by atoms with Crippen molar-refractivity contribution in [1.82, 2.24) is 4.90 Å². The molecule has 1 fully saturated rings. The van der Waals surface area contributed by atoms with E-state index in [2.05, 4.69) is 36.7 Å². The van der Waals surface area contributed by atoms with Crippen molar-refractivity contribution in [3.05, 3.63) is 33.8 Å². The van der Waals surface area contributed by atoms with Crippen molar-refractivity contribution in [1.29, 1.82) is 0 Å². The predicted octanol–water partition coefficient (Wildman–Crippen LogP) is 4.12. The number of rotatable bonds is 2. The number of carbonyl (C=O) groups is 1. The normalized spacial score (nSPS) is 19.8. The van der Waals surface area contributed by atoms with Crippen molar-refractivity contribution in [2.75, 3.05) is 6.54 Å². The van der Waals surface area contributed by atoms with Crippen LogP contribution in [0.15, 0.2) is 16.6 Å². The summed E-state index contributed by atoms with van der Waals surface area (Å²) in [6, 6.07) is 2.54. The number of benzene rings is 1. The summed E-state index contributed by atoms with van der Waals surface area (Å²) >= 11 is 3.04. The Hall–Kier alpha value is -0.970. The van der Waals surface area contributed by atoms with Gasteiger partial charge in [0.2, 0.25) is 5.91 Å². The molecular formula is C15H18BrF2NO. The molecule has 5 heteroatoms. The zero-order chi connectivity index (χ0) is 15.1. The van der Waals surface area contributed by atoms with Crippen LogP contribution in [0.4, 0.5) is 8.78 Å². The van der Waals surface area contributed by atoms with Gasteiger partial charge in [-0.2, -0.15) is 0 Å². The lowest BCUT2D eigenvalue weighted by Crippen LogP contribution is -2.28. The number of carbonyl (C=O) groups excluding carboxylic acids is 1. The van der Waals surface area contributed by atoms with Gasteiger partial charge >= 0.3 is 0 Å². The minimum Gasteiger partial charge on any atom is -0.338 e. The van der Waals surface area contributed by atoms with Crippen LogP contribution in [0.3, 0.4) is 0 Å². The van der Waals surface area contributed by atoms with E-state index in [0.29, 0.717) is 13.0 Å². The molecule has 0 N–H and O–H groups in total. The molecule has 1 aliphatic rings. The summed E-state index contributed by atoms with van der Waals surface area (Å²) in [6.07, 6.45) is 0.445. The van der Waals surface area contributed by atoms with Gasteiger partial charge in [-0.05, 0) is 39.4 Å². The highest BCUT2D eigenvalue weighted by molar-refractivity contribution is 9.10. The van der Waals surface area contributed by atoms with Crippen molar-refractivity contribution in [2.24, 2.45) is 11.3 Å². The highest BCUT2D eigenvalue weighted by atomic mass is 79.9. The van der Waals surface area contributed by atoms with Crippen LogP contribution in [0.2, 0.25) is 0 Å². The smallest absolute Gasteiger partial charge is 0.223 e. The molecule has 0 aromatic heterocycles. The Labute approximate surface area is 126 Å². The van der Waals surface area contributed by atoms with E-state index in [1.54, 1.807) is 4.90 Å². The molecular weight excluding hydrogens is 328 g/mol. The third-order valence-corrected chi connectivity index (χ3v) is 4.54. The van der Waals surface area contributed by atoms with Crippen LogP contribution in [0.25, 0.3) is 0 Å². The third-order valence-electron chi connectivity index (χ3n) is 3.93. The molecule has 0 spiro atoms.